The molecule has 0 aliphatic rings. The van der Waals surface area contributed by atoms with Gasteiger partial charge >= 0.3 is 12.1 Å². The summed E-state index contributed by atoms with van der Waals surface area (Å²) in [5, 5.41) is 13.7. The Hall–Kier alpha value is -4.72. The average molecular weight is 713 g/mol. The highest BCUT2D eigenvalue weighted by molar-refractivity contribution is 14.1. The molecule has 5 rings (SSSR count). The smallest absolute Gasteiger partial charge is 0.416 e. The van der Waals surface area contributed by atoms with Gasteiger partial charge in [0.2, 0.25) is 0 Å². The first kappa shape index (κ1) is 30.7. The molecule has 5 aromatic rings. The Balaban J connectivity index is 1.52. The van der Waals surface area contributed by atoms with Crippen LogP contribution < -0.4 is 15.0 Å². The molecule has 0 bridgehead atoms. The van der Waals surface area contributed by atoms with Crippen LogP contribution in [0, 0.1) is 3.57 Å². The third-order valence-electron chi connectivity index (χ3n) is 6.44. The molecular formula is C32H23F3IN3O5. The van der Waals surface area contributed by atoms with Gasteiger partial charge in [0.25, 0.3) is 5.56 Å². The van der Waals surface area contributed by atoms with Gasteiger partial charge in [0, 0.05) is 5.56 Å². The lowest BCUT2D eigenvalue weighted by molar-refractivity contribution is -0.137. The second-order valence-electron chi connectivity index (χ2n) is 9.45. The number of aromatic carboxylic acids is 1. The molecule has 0 amide bonds. The minimum Gasteiger partial charge on any atom is -0.490 e. The molecule has 1 heterocycles. The maximum atomic E-state index is 13.5. The SMILES string of the molecule is CCOc1cc(C=Nn2c(-c3cccc(C(F)(F)F)c3)nc3ccccc3c2=O)cc(I)c1OCc1ccc(C(=O)O)cc1. The summed E-state index contributed by atoms with van der Waals surface area (Å²) in [6.07, 6.45) is -3.19. The summed E-state index contributed by atoms with van der Waals surface area (Å²) in [5.74, 6) is -0.206. The molecule has 1 aromatic heterocycles. The Morgan fingerprint density at radius 1 is 1.02 bits per heavy atom. The van der Waals surface area contributed by atoms with Crippen molar-refractivity contribution in [2.24, 2.45) is 5.10 Å². The first-order valence-corrected chi connectivity index (χ1v) is 14.3. The fraction of sp³-hybridized carbons (Fsp3) is 0.125. The van der Waals surface area contributed by atoms with Gasteiger partial charge < -0.3 is 14.6 Å². The van der Waals surface area contributed by atoms with Crippen LogP contribution in [-0.2, 0) is 12.8 Å². The standard InChI is InChI=1S/C32H23F3IN3O5/c1-2-43-27-15-20(14-25(36)28(27)44-18-19-10-12-21(13-11-19)31(41)42)17-37-39-29(22-6-5-7-23(16-22)32(33,34)35)38-26-9-4-3-8-24(26)30(39)40/h3-17H,2,18H2,1H3,(H,41,42). The number of para-hydroxylation sites is 1. The van der Waals surface area contributed by atoms with Crippen molar-refractivity contribution in [3.8, 4) is 22.9 Å². The molecule has 0 aliphatic carbocycles. The van der Waals surface area contributed by atoms with Crippen LogP contribution in [0.2, 0.25) is 0 Å². The van der Waals surface area contributed by atoms with Gasteiger partial charge in [-0.3, -0.25) is 4.79 Å². The minimum atomic E-state index is -4.58. The van der Waals surface area contributed by atoms with Crippen LogP contribution in [0.15, 0.2) is 94.8 Å². The van der Waals surface area contributed by atoms with E-state index in [1.807, 2.05) is 6.92 Å². The van der Waals surface area contributed by atoms with E-state index in [0.29, 0.717) is 32.8 Å². The Kier molecular flexibility index (Phi) is 8.99. The third kappa shape index (κ3) is 6.75. The number of halogens is 4. The third-order valence-corrected chi connectivity index (χ3v) is 7.24. The Labute approximate surface area is 262 Å². The van der Waals surface area contributed by atoms with Crippen molar-refractivity contribution < 1.29 is 32.5 Å². The number of rotatable bonds is 9. The molecule has 224 valence electrons. The molecular weight excluding hydrogens is 690 g/mol. The summed E-state index contributed by atoms with van der Waals surface area (Å²) < 4.78 is 54.0. The van der Waals surface area contributed by atoms with Crippen molar-refractivity contribution >= 4 is 45.7 Å². The first-order chi connectivity index (χ1) is 21.0. The molecule has 8 nitrogen and oxygen atoms in total. The van der Waals surface area contributed by atoms with E-state index in [9.17, 15) is 22.8 Å². The number of alkyl halides is 3. The van der Waals surface area contributed by atoms with E-state index in [0.717, 1.165) is 22.4 Å². The minimum absolute atomic E-state index is 0.0513. The van der Waals surface area contributed by atoms with E-state index in [4.69, 9.17) is 14.6 Å². The van der Waals surface area contributed by atoms with Crippen molar-refractivity contribution in [2.45, 2.75) is 19.7 Å². The molecule has 0 aliphatic heterocycles. The molecule has 4 aromatic carbocycles. The molecule has 0 atom stereocenters. The van der Waals surface area contributed by atoms with Crippen LogP contribution in [0.25, 0.3) is 22.3 Å². The number of aromatic nitrogens is 2. The Morgan fingerprint density at radius 2 is 1.77 bits per heavy atom. The topological polar surface area (TPSA) is 103 Å². The lowest BCUT2D eigenvalue weighted by Crippen LogP contribution is -2.20. The Bertz CT molecular complexity index is 1940. The van der Waals surface area contributed by atoms with Gasteiger partial charge in [0.1, 0.15) is 6.61 Å². The first-order valence-electron chi connectivity index (χ1n) is 13.2. The number of carboxylic acid groups (broad SMARTS) is 1. The molecule has 0 saturated carbocycles. The van der Waals surface area contributed by atoms with Crippen LogP contribution in [0.1, 0.15) is 34.0 Å². The number of nitrogens with zero attached hydrogens (tertiary/aromatic N) is 3. The van der Waals surface area contributed by atoms with Crippen molar-refractivity contribution in [2.75, 3.05) is 6.61 Å². The van der Waals surface area contributed by atoms with Gasteiger partial charge in [-0.1, -0.05) is 36.4 Å². The average Bonchev–Trinajstić information content (AvgIpc) is 3.00. The van der Waals surface area contributed by atoms with Gasteiger partial charge in [-0.15, -0.1) is 0 Å². The van der Waals surface area contributed by atoms with Crippen molar-refractivity contribution in [1.82, 2.24) is 9.66 Å². The maximum Gasteiger partial charge on any atom is 0.416 e. The number of ether oxygens (including phenoxy) is 2. The zero-order valence-corrected chi connectivity index (χ0v) is 25.2. The highest BCUT2D eigenvalue weighted by Crippen LogP contribution is 2.35. The lowest BCUT2D eigenvalue weighted by atomic mass is 10.1. The largest absolute Gasteiger partial charge is 0.490 e. The number of benzene rings is 4. The van der Waals surface area contributed by atoms with Gasteiger partial charge in [0.15, 0.2) is 17.3 Å². The fourth-order valence-electron chi connectivity index (χ4n) is 4.34. The predicted octanol–water partition coefficient (Wildman–Crippen LogP) is 7.25. The summed E-state index contributed by atoms with van der Waals surface area (Å²) >= 11 is 2.08. The zero-order chi connectivity index (χ0) is 31.4. The number of hydrogen-bond acceptors (Lipinski definition) is 6. The summed E-state index contributed by atoms with van der Waals surface area (Å²) in [6.45, 7) is 2.29. The second kappa shape index (κ2) is 12.9. The van der Waals surface area contributed by atoms with Crippen molar-refractivity contribution in [3.63, 3.8) is 0 Å². The number of fused-ring (bicyclic) bond motifs is 1. The van der Waals surface area contributed by atoms with Gasteiger partial charge in [-0.05, 0) is 89.2 Å². The molecule has 1 N–H and O–H groups in total. The van der Waals surface area contributed by atoms with Gasteiger partial charge in [-0.25, -0.2) is 9.78 Å². The van der Waals surface area contributed by atoms with Crippen LogP contribution >= 0.6 is 22.6 Å². The van der Waals surface area contributed by atoms with E-state index in [1.165, 1.54) is 30.5 Å². The number of carbonyl (C=O) groups is 1. The fourth-order valence-corrected chi connectivity index (χ4v) is 5.12. The molecule has 0 unspecified atom stereocenters. The molecule has 0 saturated heterocycles. The van der Waals surface area contributed by atoms with Crippen LogP contribution in [0.5, 0.6) is 11.5 Å². The molecule has 0 radical (unpaired) electrons. The summed E-state index contributed by atoms with van der Waals surface area (Å²) in [6, 6.07) is 20.8. The van der Waals surface area contributed by atoms with Crippen LogP contribution in [0.4, 0.5) is 13.2 Å². The van der Waals surface area contributed by atoms with Crippen molar-refractivity contribution in [1.29, 1.82) is 0 Å². The van der Waals surface area contributed by atoms with Gasteiger partial charge in [0.05, 0.1) is 38.4 Å². The van der Waals surface area contributed by atoms with Crippen LogP contribution in [-0.4, -0.2) is 33.6 Å². The maximum absolute atomic E-state index is 13.5. The number of carboxylic acids is 1. The van der Waals surface area contributed by atoms with E-state index in [1.54, 1.807) is 48.5 Å². The molecule has 12 heteroatoms. The normalized spacial score (nSPS) is 11.7. The van der Waals surface area contributed by atoms with E-state index in [-0.39, 0.29) is 28.9 Å². The van der Waals surface area contributed by atoms with E-state index in [2.05, 4.69) is 32.7 Å². The highest BCUT2D eigenvalue weighted by atomic mass is 127. The lowest BCUT2D eigenvalue weighted by Gasteiger charge is -2.15. The monoisotopic (exact) mass is 713 g/mol. The summed E-state index contributed by atoms with van der Waals surface area (Å²) in [4.78, 5) is 29.1. The molecule has 44 heavy (non-hydrogen) atoms. The quantitative estimate of drug-likeness (QED) is 0.128. The Morgan fingerprint density at radius 3 is 2.48 bits per heavy atom. The number of hydrogen-bond donors (Lipinski definition) is 1. The summed E-state index contributed by atoms with van der Waals surface area (Å²) in [7, 11) is 0. The van der Waals surface area contributed by atoms with E-state index < -0.39 is 23.3 Å². The molecule has 0 fully saturated rings. The van der Waals surface area contributed by atoms with E-state index >= 15 is 0 Å². The predicted molar refractivity (Wildman–Crippen MR) is 167 cm³/mol. The summed E-state index contributed by atoms with van der Waals surface area (Å²) in [5.41, 5.74) is 0.424. The second-order valence-corrected chi connectivity index (χ2v) is 10.6. The highest BCUT2D eigenvalue weighted by Gasteiger charge is 2.31. The zero-order valence-electron chi connectivity index (χ0n) is 23.0. The molecule has 0 spiro atoms. The van der Waals surface area contributed by atoms with Crippen LogP contribution in [0.3, 0.4) is 0 Å². The van der Waals surface area contributed by atoms with Crippen molar-refractivity contribution in [3.05, 3.63) is 121 Å². The van der Waals surface area contributed by atoms with Gasteiger partial charge in [-0.2, -0.15) is 22.9 Å².